The molecule has 1 aliphatic carbocycles. The Morgan fingerprint density at radius 3 is 2.79 bits per heavy atom. The highest BCUT2D eigenvalue weighted by Gasteiger charge is 2.44. The van der Waals surface area contributed by atoms with Crippen molar-refractivity contribution in [1.82, 2.24) is 10.4 Å². The number of nitrogens with one attached hydrogen (secondary N) is 1. The van der Waals surface area contributed by atoms with Crippen LogP contribution in [-0.4, -0.2) is 35.7 Å². The topological polar surface area (TPSA) is 78.9 Å². The van der Waals surface area contributed by atoms with Crippen molar-refractivity contribution >= 4 is 11.8 Å². The van der Waals surface area contributed by atoms with Crippen LogP contribution in [0, 0.1) is 5.41 Å². The van der Waals surface area contributed by atoms with E-state index in [1.807, 2.05) is 30.3 Å². The lowest BCUT2D eigenvalue weighted by molar-refractivity contribution is -0.128. The average Bonchev–Trinajstić information content (AvgIpc) is 3.06. The lowest BCUT2D eigenvalue weighted by atomic mass is 9.70. The van der Waals surface area contributed by atoms with Crippen LogP contribution in [0.15, 0.2) is 42.5 Å². The summed E-state index contributed by atoms with van der Waals surface area (Å²) < 4.78 is 5.28. The molecule has 2 N–H and O–H groups in total. The molecule has 1 saturated heterocycles. The molecule has 146 valence electrons. The van der Waals surface area contributed by atoms with Gasteiger partial charge in [-0.1, -0.05) is 24.3 Å². The maximum atomic E-state index is 12.8. The van der Waals surface area contributed by atoms with E-state index < -0.39 is 5.91 Å². The van der Waals surface area contributed by atoms with Crippen molar-refractivity contribution in [3.8, 4) is 5.75 Å². The largest absolute Gasteiger partial charge is 0.496 e. The highest BCUT2D eigenvalue weighted by Crippen LogP contribution is 2.41. The summed E-state index contributed by atoms with van der Waals surface area (Å²) in [6, 6.07) is 12.8. The van der Waals surface area contributed by atoms with E-state index in [4.69, 9.17) is 4.74 Å². The molecule has 1 fully saturated rings. The number of nitrogens with zero attached hydrogens (tertiary/aromatic N) is 1. The van der Waals surface area contributed by atoms with Crippen LogP contribution in [-0.2, 0) is 24.2 Å². The monoisotopic (exact) mass is 380 g/mol. The fourth-order valence-corrected chi connectivity index (χ4v) is 4.33. The quantitative estimate of drug-likeness (QED) is 0.631. The highest BCUT2D eigenvalue weighted by molar-refractivity contribution is 5.94. The SMILES string of the molecule is COc1ccccc1CN(O)C(=O)c1ccc2c(c1)C[C@]1(CCNC1=O)CC2. The second kappa shape index (κ2) is 7.28. The fraction of sp³-hybridized carbons (Fsp3) is 0.364. The van der Waals surface area contributed by atoms with E-state index in [0.29, 0.717) is 22.8 Å². The Kier molecular flexibility index (Phi) is 4.81. The van der Waals surface area contributed by atoms with Crippen molar-refractivity contribution in [3.05, 3.63) is 64.7 Å². The molecule has 1 spiro atoms. The van der Waals surface area contributed by atoms with E-state index in [2.05, 4.69) is 5.32 Å². The molecule has 0 bridgehead atoms. The molecule has 0 saturated carbocycles. The zero-order valence-corrected chi connectivity index (χ0v) is 15.9. The molecule has 6 nitrogen and oxygen atoms in total. The minimum Gasteiger partial charge on any atom is -0.496 e. The van der Waals surface area contributed by atoms with Gasteiger partial charge in [-0.3, -0.25) is 14.8 Å². The Hall–Kier alpha value is -2.86. The van der Waals surface area contributed by atoms with Gasteiger partial charge in [0.05, 0.1) is 19.1 Å². The van der Waals surface area contributed by atoms with Crippen LogP contribution in [0.5, 0.6) is 5.75 Å². The molecule has 4 rings (SSSR count). The van der Waals surface area contributed by atoms with Crippen LogP contribution in [0.1, 0.15) is 39.9 Å². The van der Waals surface area contributed by atoms with E-state index in [1.54, 1.807) is 19.2 Å². The normalized spacial score (nSPS) is 20.6. The molecule has 1 heterocycles. The molecule has 2 aromatic carbocycles. The number of methoxy groups -OCH3 is 1. The number of fused-ring (bicyclic) bond motifs is 1. The van der Waals surface area contributed by atoms with Gasteiger partial charge in [-0.25, -0.2) is 5.06 Å². The number of hydrogen-bond donors (Lipinski definition) is 2. The Bertz CT molecular complexity index is 927. The predicted octanol–water partition coefficient (Wildman–Crippen LogP) is 2.72. The minimum atomic E-state index is -0.468. The molecule has 6 heteroatoms. The standard InChI is InChI=1S/C22H24N2O4/c1-28-19-5-3-2-4-17(19)14-24(27)20(25)16-7-6-15-8-9-22(13-18(15)12-16)10-11-23-21(22)26/h2-7,12,27H,8-11,13-14H2,1H3,(H,23,26)/t22-/m1/s1. The number of ether oxygens (including phenoxy) is 1. The summed E-state index contributed by atoms with van der Waals surface area (Å²) in [5.74, 6) is 0.271. The second-order valence-electron chi connectivity index (χ2n) is 7.62. The first-order valence-electron chi connectivity index (χ1n) is 9.55. The molecule has 0 radical (unpaired) electrons. The maximum Gasteiger partial charge on any atom is 0.277 e. The van der Waals surface area contributed by atoms with E-state index in [9.17, 15) is 14.8 Å². The van der Waals surface area contributed by atoms with Gasteiger partial charge < -0.3 is 10.1 Å². The van der Waals surface area contributed by atoms with Gasteiger partial charge in [-0.15, -0.1) is 0 Å². The van der Waals surface area contributed by atoms with Gasteiger partial charge in [-0.05, 0) is 55.0 Å². The summed E-state index contributed by atoms with van der Waals surface area (Å²) in [5, 5.41) is 14.0. The Morgan fingerprint density at radius 2 is 2.04 bits per heavy atom. The zero-order chi connectivity index (χ0) is 19.7. The highest BCUT2D eigenvalue weighted by atomic mass is 16.5. The van der Waals surface area contributed by atoms with Gasteiger partial charge in [0.2, 0.25) is 5.91 Å². The van der Waals surface area contributed by atoms with Crippen LogP contribution >= 0.6 is 0 Å². The Morgan fingerprint density at radius 1 is 1.21 bits per heavy atom. The number of amides is 2. The van der Waals surface area contributed by atoms with Crippen molar-refractivity contribution < 1.29 is 19.5 Å². The summed E-state index contributed by atoms with van der Waals surface area (Å²) >= 11 is 0. The first kappa shape index (κ1) is 18.5. The number of aryl methyl sites for hydroxylation is 1. The molecule has 28 heavy (non-hydrogen) atoms. The molecule has 0 aromatic heterocycles. The van der Waals surface area contributed by atoms with Crippen LogP contribution in [0.2, 0.25) is 0 Å². The number of benzene rings is 2. The first-order valence-corrected chi connectivity index (χ1v) is 9.55. The van der Waals surface area contributed by atoms with Crippen LogP contribution in [0.25, 0.3) is 0 Å². The molecule has 1 atom stereocenters. The van der Waals surface area contributed by atoms with Crippen molar-refractivity contribution in [2.45, 2.75) is 32.2 Å². The van der Waals surface area contributed by atoms with Crippen LogP contribution < -0.4 is 10.1 Å². The van der Waals surface area contributed by atoms with E-state index in [-0.39, 0.29) is 17.9 Å². The summed E-state index contributed by atoms with van der Waals surface area (Å²) in [6.07, 6.45) is 3.16. The molecule has 0 unspecified atom stereocenters. The van der Waals surface area contributed by atoms with E-state index in [1.165, 1.54) is 5.56 Å². The number of rotatable bonds is 4. The third kappa shape index (κ3) is 3.24. The first-order chi connectivity index (χ1) is 13.5. The second-order valence-corrected chi connectivity index (χ2v) is 7.62. The van der Waals surface area contributed by atoms with Crippen LogP contribution in [0.3, 0.4) is 0 Å². The summed E-state index contributed by atoms with van der Waals surface area (Å²) in [4.78, 5) is 25.1. The smallest absolute Gasteiger partial charge is 0.277 e. The number of hydroxylamine groups is 2. The van der Waals surface area contributed by atoms with Crippen LogP contribution in [0.4, 0.5) is 0 Å². The summed E-state index contributed by atoms with van der Waals surface area (Å²) in [5.41, 5.74) is 3.01. The minimum absolute atomic E-state index is 0.0340. The number of carbonyl (C=O) groups is 2. The molecule has 2 aliphatic rings. The third-order valence-corrected chi connectivity index (χ3v) is 5.97. The number of carbonyl (C=O) groups excluding carboxylic acids is 2. The summed E-state index contributed by atoms with van der Waals surface area (Å²) in [6.45, 7) is 0.752. The van der Waals surface area contributed by atoms with Crippen molar-refractivity contribution in [2.75, 3.05) is 13.7 Å². The average molecular weight is 380 g/mol. The molecule has 2 aromatic rings. The predicted molar refractivity (Wildman–Crippen MR) is 103 cm³/mol. The van der Waals surface area contributed by atoms with Crippen molar-refractivity contribution in [3.63, 3.8) is 0 Å². The van der Waals surface area contributed by atoms with Gasteiger partial charge in [0, 0.05) is 17.7 Å². The Labute approximate surface area is 164 Å². The molecule has 1 aliphatic heterocycles. The van der Waals surface area contributed by atoms with Crippen molar-refractivity contribution in [1.29, 1.82) is 0 Å². The molecule has 2 amide bonds. The molecular weight excluding hydrogens is 356 g/mol. The number of para-hydroxylation sites is 1. The zero-order valence-electron chi connectivity index (χ0n) is 15.9. The molecular formula is C22H24N2O4. The number of hydrogen-bond acceptors (Lipinski definition) is 4. The maximum absolute atomic E-state index is 12.8. The van der Waals surface area contributed by atoms with Crippen molar-refractivity contribution in [2.24, 2.45) is 5.41 Å². The lowest BCUT2D eigenvalue weighted by Crippen LogP contribution is -2.36. The summed E-state index contributed by atoms with van der Waals surface area (Å²) in [7, 11) is 1.56. The van der Waals surface area contributed by atoms with Gasteiger partial charge in [0.1, 0.15) is 5.75 Å². The third-order valence-electron chi connectivity index (χ3n) is 5.97. The lowest BCUT2D eigenvalue weighted by Gasteiger charge is -2.32. The van der Waals surface area contributed by atoms with Gasteiger partial charge >= 0.3 is 0 Å². The van der Waals surface area contributed by atoms with Gasteiger partial charge in [0.15, 0.2) is 0 Å². The van der Waals surface area contributed by atoms with Gasteiger partial charge in [0.25, 0.3) is 5.91 Å². The van der Waals surface area contributed by atoms with E-state index >= 15 is 0 Å². The fourth-order valence-electron chi connectivity index (χ4n) is 4.33. The van der Waals surface area contributed by atoms with E-state index in [0.717, 1.165) is 36.9 Å². The van der Waals surface area contributed by atoms with Gasteiger partial charge in [-0.2, -0.15) is 0 Å². The Balaban J connectivity index is 1.54.